The molecule has 0 aliphatic heterocycles. The van der Waals surface area contributed by atoms with Gasteiger partial charge in [0, 0.05) is 0 Å². The molecule has 2 heteroatoms. The van der Waals surface area contributed by atoms with Crippen LogP contribution in [0.15, 0.2) is 0 Å². The molecule has 0 atom stereocenters. The van der Waals surface area contributed by atoms with Crippen LogP contribution in [0.4, 0.5) is 0 Å². The maximum atomic E-state index is 2.18. The summed E-state index contributed by atoms with van der Waals surface area (Å²) in [7, 11) is 0. The quantitative estimate of drug-likeness (QED) is 0.471. The molecule has 2 N–H and O–H groups in total. The van der Waals surface area contributed by atoms with Crippen molar-refractivity contribution in [1.29, 1.82) is 0 Å². The Morgan fingerprint density at radius 2 is 1.75 bits per heavy atom. The van der Waals surface area contributed by atoms with Crippen molar-refractivity contribution in [3.05, 3.63) is 0 Å². The van der Waals surface area contributed by atoms with E-state index in [9.17, 15) is 0 Å². The zero-order chi connectivity index (χ0) is 2.71. The maximum absolute atomic E-state index is 2.18. The van der Waals surface area contributed by atoms with Crippen LogP contribution in [0.1, 0.15) is 6.92 Å². The molecule has 0 heterocycles. The van der Waals surface area contributed by atoms with E-state index in [0.717, 1.165) is 0 Å². The van der Waals surface area contributed by atoms with Gasteiger partial charge >= 0.3 is 35.5 Å². The molecular formula is C2H7InO. The van der Waals surface area contributed by atoms with Crippen molar-refractivity contribution in [2.24, 2.45) is 0 Å². The van der Waals surface area contributed by atoms with Gasteiger partial charge in [0.05, 0.1) is 0 Å². The summed E-state index contributed by atoms with van der Waals surface area (Å²) in [4.78, 5) is 0. The Hall–Kier alpha value is 0.830. The monoisotopic (exact) mass is 162 g/mol. The molecule has 0 unspecified atom stereocenters. The van der Waals surface area contributed by atoms with Gasteiger partial charge in [-0.2, -0.15) is 0 Å². The van der Waals surface area contributed by atoms with Gasteiger partial charge in [-0.3, -0.25) is 0 Å². The smallest absolute Gasteiger partial charge is 0.412 e. The Labute approximate surface area is 41.3 Å². The molecule has 0 saturated carbocycles. The second-order valence-electron chi connectivity index (χ2n) is 0.408. The van der Waals surface area contributed by atoms with Crippen molar-refractivity contribution in [3.8, 4) is 0 Å². The van der Waals surface area contributed by atoms with Gasteiger partial charge in [0.15, 0.2) is 0 Å². The van der Waals surface area contributed by atoms with E-state index in [4.69, 9.17) is 0 Å². The second-order valence-corrected chi connectivity index (χ2v) is 2.74. The van der Waals surface area contributed by atoms with E-state index in [1.54, 1.807) is 0 Å². The van der Waals surface area contributed by atoms with E-state index in [1.165, 1.54) is 28.6 Å². The van der Waals surface area contributed by atoms with Crippen LogP contribution >= 0.6 is 0 Å². The molecular weight excluding hydrogens is 155 g/mol. The van der Waals surface area contributed by atoms with Crippen LogP contribution in [-0.2, 0) is 0 Å². The normalized spacial score (nSPS) is 4.25. The zero-order valence-electron chi connectivity index (χ0n) is 2.78. The van der Waals surface area contributed by atoms with Gasteiger partial charge in [-0.25, -0.2) is 0 Å². The Bertz CT molecular complexity index is 6.00. The molecule has 0 rings (SSSR count). The molecule has 0 amide bonds. The molecule has 4 heavy (non-hydrogen) atoms. The Balaban J connectivity index is 0. The van der Waals surface area contributed by atoms with E-state index in [0.29, 0.717) is 0 Å². The average molecular weight is 162 g/mol. The van der Waals surface area contributed by atoms with Crippen molar-refractivity contribution < 1.29 is 5.48 Å². The third kappa shape index (κ3) is 13.8. The molecule has 0 bridgehead atoms. The number of hydrogen-bond donors (Lipinski definition) is 0. The molecule has 0 aliphatic rings. The fourth-order valence-corrected chi connectivity index (χ4v) is 0. The predicted molar refractivity (Wildman–Crippen MR) is 19.8 cm³/mol. The molecule has 0 spiro atoms. The van der Waals surface area contributed by atoms with Gasteiger partial charge in [0.25, 0.3) is 0 Å². The molecule has 0 aromatic heterocycles. The first-order chi connectivity index (χ1) is 1.41. The van der Waals surface area contributed by atoms with E-state index < -0.39 is 0 Å². The molecule has 1 nitrogen and oxygen atoms in total. The third-order valence-corrected chi connectivity index (χ3v) is 0. The average Bonchev–Trinajstić information content (AvgIpc) is 0.918. The van der Waals surface area contributed by atoms with Crippen LogP contribution in [-0.4, -0.2) is 29.9 Å². The van der Waals surface area contributed by atoms with Crippen LogP contribution in [0.2, 0.25) is 4.18 Å². The minimum absolute atomic E-state index is 0. The van der Waals surface area contributed by atoms with Gasteiger partial charge in [0.1, 0.15) is 0 Å². The summed E-state index contributed by atoms with van der Waals surface area (Å²) in [5.74, 6) is 0. The van der Waals surface area contributed by atoms with Gasteiger partial charge in [-0.1, -0.05) is 0 Å². The summed E-state index contributed by atoms with van der Waals surface area (Å²) in [6, 6.07) is 0. The fourth-order valence-electron chi connectivity index (χ4n) is 0. The maximum Gasteiger partial charge on any atom is -0.412 e. The largest absolute Gasteiger partial charge is 0.412 e. The van der Waals surface area contributed by atoms with E-state index in [2.05, 4.69) is 6.92 Å². The molecule has 0 fully saturated rings. The van der Waals surface area contributed by atoms with E-state index in [1.807, 2.05) is 0 Å². The zero-order valence-corrected chi connectivity index (χ0v) is 6.08. The SMILES string of the molecule is C[CH2][In].O. The molecule has 0 aromatic rings. The Kier molecular flexibility index (Phi) is 20.3. The number of hydrogen-bond acceptors (Lipinski definition) is 0. The van der Waals surface area contributed by atoms with Crippen molar-refractivity contribution >= 4 is 24.4 Å². The molecule has 24 valence electrons. The summed E-state index contributed by atoms with van der Waals surface area (Å²) in [6.45, 7) is 2.18. The molecule has 2 radical (unpaired) electrons. The first-order valence-electron chi connectivity index (χ1n) is 1.12. The number of rotatable bonds is 0. The van der Waals surface area contributed by atoms with Gasteiger partial charge in [-0.05, 0) is 0 Å². The van der Waals surface area contributed by atoms with Crippen molar-refractivity contribution in [1.82, 2.24) is 0 Å². The summed E-state index contributed by atoms with van der Waals surface area (Å²) < 4.78 is 1.38. The van der Waals surface area contributed by atoms with E-state index >= 15 is 0 Å². The van der Waals surface area contributed by atoms with Crippen LogP contribution in [0.25, 0.3) is 0 Å². The van der Waals surface area contributed by atoms with Crippen molar-refractivity contribution in [2.45, 2.75) is 11.1 Å². The van der Waals surface area contributed by atoms with Crippen LogP contribution in [0.5, 0.6) is 0 Å². The topological polar surface area (TPSA) is 31.5 Å². The first kappa shape index (κ1) is 8.85. The molecule has 0 aliphatic carbocycles. The summed E-state index contributed by atoms with van der Waals surface area (Å²) in [6.07, 6.45) is 0. The van der Waals surface area contributed by atoms with Gasteiger partial charge in [0.2, 0.25) is 0 Å². The second kappa shape index (κ2) is 9.16. The summed E-state index contributed by atoms with van der Waals surface area (Å²) in [5.41, 5.74) is 0. The summed E-state index contributed by atoms with van der Waals surface area (Å²) in [5, 5.41) is 0. The summed E-state index contributed by atoms with van der Waals surface area (Å²) >= 11 is 1.42. The Morgan fingerprint density at radius 3 is 1.75 bits per heavy atom. The van der Waals surface area contributed by atoms with Gasteiger partial charge < -0.3 is 5.48 Å². The minimum atomic E-state index is 0. The van der Waals surface area contributed by atoms with Crippen molar-refractivity contribution in [3.63, 3.8) is 0 Å². The van der Waals surface area contributed by atoms with Crippen molar-refractivity contribution in [2.75, 3.05) is 0 Å². The Morgan fingerprint density at radius 1 is 1.75 bits per heavy atom. The molecule has 0 aromatic carbocycles. The first-order valence-corrected chi connectivity index (χ1v) is 3.45. The molecule has 0 saturated heterocycles. The van der Waals surface area contributed by atoms with E-state index in [-0.39, 0.29) is 5.48 Å². The standard InChI is InChI=1S/C2H5.In.H2O/c1-2;;/h1H2,2H3;;1H2. The minimum Gasteiger partial charge on any atom is -0.412 e. The van der Waals surface area contributed by atoms with Crippen LogP contribution in [0.3, 0.4) is 0 Å². The fraction of sp³-hybridized carbons (Fsp3) is 1.00. The third-order valence-electron chi connectivity index (χ3n) is 0. The predicted octanol–water partition coefficient (Wildman–Crippen LogP) is -0.232. The van der Waals surface area contributed by atoms with Crippen LogP contribution in [0, 0.1) is 0 Å². The van der Waals surface area contributed by atoms with Crippen LogP contribution < -0.4 is 0 Å². The van der Waals surface area contributed by atoms with Gasteiger partial charge in [-0.15, -0.1) is 0 Å².